The third kappa shape index (κ3) is 2.16. The van der Waals surface area contributed by atoms with Crippen molar-refractivity contribution in [1.29, 1.82) is 0 Å². The van der Waals surface area contributed by atoms with Crippen molar-refractivity contribution >= 4 is 24.9 Å². The molecule has 0 aromatic carbocycles. The Bertz CT molecular complexity index is 101. The maximum atomic E-state index is 10.9. The summed E-state index contributed by atoms with van der Waals surface area (Å²) in [6.45, 7) is 0. The fourth-order valence-electron chi connectivity index (χ4n) is 0.0359. The van der Waals surface area contributed by atoms with E-state index in [0.717, 1.165) is 0 Å². The molecule has 0 bridgehead atoms. The molecule has 0 aliphatic carbocycles. The maximum Gasteiger partial charge on any atom is 0.421 e. The molecular weight excluding hydrogens is 123 g/mol. The summed E-state index contributed by atoms with van der Waals surface area (Å²) in [6.07, 6.45) is 0. The highest BCUT2D eigenvalue weighted by Crippen LogP contribution is 1.82. The van der Waals surface area contributed by atoms with Crippen molar-refractivity contribution in [2.24, 2.45) is 0 Å². The summed E-state index contributed by atoms with van der Waals surface area (Å²) in [5.74, 6) is -1.59. The number of hydrogen-bond donors (Lipinski definition) is 1. The first-order valence-corrected chi connectivity index (χ1v) is 1.60. The van der Waals surface area contributed by atoms with E-state index in [9.17, 15) is 14.0 Å². The zero-order valence-electron chi connectivity index (χ0n) is 3.05. The fourth-order valence-corrected chi connectivity index (χ4v) is 0.108. The first-order valence-electron chi connectivity index (χ1n) is 1.23. The van der Waals surface area contributed by atoms with Crippen LogP contribution in [0.25, 0.3) is 0 Å². The average molecular weight is 124 g/mol. The Balaban J connectivity index is 3.58. The van der Waals surface area contributed by atoms with Crippen LogP contribution in [-0.4, -0.2) is 12.0 Å². The Morgan fingerprint density at radius 1 is 1.57 bits per heavy atom. The minimum Gasteiger partial charge on any atom is -0.387 e. The van der Waals surface area contributed by atoms with Crippen LogP contribution in [0.1, 0.15) is 0 Å². The van der Waals surface area contributed by atoms with Crippen LogP contribution in [0.15, 0.2) is 0 Å². The van der Waals surface area contributed by atoms with Crippen molar-refractivity contribution < 1.29 is 18.2 Å². The summed E-state index contributed by atoms with van der Waals surface area (Å²) in [5, 5.41) is 0. The number of halogens is 1. The van der Waals surface area contributed by atoms with E-state index in [4.69, 9.17) is 0 Å². The summed E-state index contributed by atoms with van der Waals surface area (Å²) >= 11 is 2.84. The second-order valence-corrected chi connectivity index (χ2v) is 0.835. The smallest absolute Gasteiger partial charge is 0.387 e. The van der Waals surface area contributed by atoms with Gasteiger partial charge >= 0.3 is 12.0 Å². The predicted molar refractivity (Wildman–Crippen MR) is 21.2 cm³/mol. The highest BCUT2D eigenvalue weighted by Gasteiger charge is 2.10. The highest BCUT2D eigenvalue weighted by molar-refractivity contribution is 7.75. The van der Waals surface area contributed by atoms with Gasteiger partial charge in [0.05, 0.1) is 0 Å². The van der Waals surface area contributed by atoms with Gasteiger partial charge in [0.15, 0.2) is 0 Å². The van der Waals surface area contributed by atoms with Crippen LogP contribution in [0, 0.1) is 0 Å². The third-order valence-electron chi connectivity index (χ3n) is 0.243. The van der Waals surface area contributed by atoms with Crippen molar-refractivity contribution in [2.45, 2.75) is 0 Å². The van der Waals surface area contributed by atoms with Crippen molar-refractivity contribution in [2.75, 3.05) is 0 Å². The van der Waals surface area contributed by atoms with Gasteiger partial charge in [-0.2, -0.15) is 4.39 Å². The molecule has 0 saturated carbocycles. The SMILES string of the molecule is O=C(F)C(=O)OS. The zero-order chi connectivity index (χ0) is 5.86. The molecule has 0 heterocycles. The van der Waals surface area contributed by atoms with Crippen LogP contribution in [0.4, 0.5) is 4.39 Å². The van der Waals surface area contributed by atoms with E-state index in [1.165, 1.54) is 0 Å². The normalized spacial score (nSPS) is 7.71. The first-order chi connectivity index (χ1) is 3.18. The molecule has 0 atom stereocenters. The van der Waals surface area contributed by atoms with Gasteiger partial charge in [0.25, 0.3) is 0 Å². The molecule has 0 amide bonds. The predicted octanol–water partition coefficient (Wildman–Crippen LogP) is -0.130. The Kier molecular flexibility index (Phi) is 2.36. The molecule has 3 nitrogen and oxygen atoms in total. The number of rotatable bonds is 1. The molecule has 0 spiro atoms. The van der Waals surface area contributed by atoms with Crippen LogP contribution in [0.2, 0.25) is 0 Å². The van der Waals surface area contributed by atoms with Crippen LogP contribution < -0.4 is 0 Å². The molecule has 40 valence electrons. The molecule has 5 heteroatoms. The largest absolute Gasteiger partial charge is 0.421 e. The number of thiol groups is 1. The van der Waals surface area contributed by atoms with E-state index >= 15 is 0 Å². The Hall–Kier alpha value is -0.580. The molecule has 0 rings (SSSR count). The monoisotopic (exact) mass is 124 g/mol. The second kappa shape index (κ2) is 2.57. The van der Waals surface area contributed by atoms with Gasteiger partial charge in [-0.15, -0.1) is 0 Å². The lowest BCUT2D eigenvalue weighted by molar-refractivity contribution is -0.152. The lowest BCUT2D eigenvalue weighted by Gasteiger charge is -1.81. The lowest BCUT2D eigenvalue weighted by atomic mass is 10.8. The van der Waals surface area contributed by atoms with Crippen molar-refractivity contribution in [3.63, 3.8) is 0 Å². The van der Waals surface area contributed by atoms with Gasteiger partial charge in [-0.25, -0.2) is 9.59 Å². The summed E-state index contributed by atoms with van der Waals surface area (Å²) in [5.41, 5.74) is 0. The van der Waals surface area contributed by atoms with E-state index in [1.54, 1.807) is 0 Å². The van der Waals surface area contributed by atoms with E-state index in [2.05, 4.69) is 17.1 Å². The third-order valence-corrected chi connectivity index (χ3v) is 0.409. The number of carbonyl (C=O) groups excluding carboxylic acids is 2. The Morgan fingerprint density at radius 3 is 2.00 bits per heavy atom. The Labute approximate surface area is 44.1 Å². The van der Waals surface area contributed by atoms with Gasteiger partial charge in [-0.05, 0) is 0 Å². The summed E-state index contributed by atoms with van der Waals surface area (Å²) in [4.78, 5) is 18.7. The van der Waals surface area contributed by atoms with E-state index in [0.29, 0.717) is 0 Å². The standard InChI is InChI=1S/C2HFO3S/c3-1(4)2(5)6-7/h7H. The van der Waals surface area contributed by atoms with Gasteiger partial charge < -0.3 is 4.18 Å². The average Bonchev–Trinajstić information content (AvgIpc) is 1.65. The molecule has 0 unspecified atom stereocenters. The fraction of sp³-hybridized carbons (Fsp3) is 0. The quantitative estimate of drug-likeness (QED) is 0.229. The molecule has 0 fully saturated rings. The Morgan fingerprint density at radius 2 is 2.00 bits per heavy atom. The van der Waals surface area contributed by atoms with Crippen molar-refractivity contribution in [3.05, 3.63) is 0 Å². The van der Waals surface area contributed by atoms with Gasteiger partial charge in [-0.3, -0.25) is 0 Å². The van der Waals surface area contributed by atoms with Crippen LogP contribution in [-0.2, 0) is 13.8 Å². The minimum absolute atomic E-state index is 1.59. The number of hydrogen-bond acceptors (Lipinski definition) is 4. The molecule has 0 N–H and O–H groups in total. The second-order valence-electron chi connectivity index (χ2n) is 0.652. The molecule has 0 saturated heterocycles. The van der Waals surface area contributed by atoms with Crippen LogP contribution >= 0.6 is 12.9 Å². The molecule has 0 radical (unpaired) electrons. The van der Waals surface area contributed by atoms with Crippen molar-refractivity contribution in [1.82, 2.24) is 0 Å². The van der Waals surface area contributed by atoms with Crippen LogP contribution in [0.5, 0.6) is 0 Å². The number of carbonyl (C=O) groups is 2. The summed E-state index contributed by atoms with van der Waals surface area (Å²) < 4.78 is 14.3. The van der Waals surface area contributed by atoms with E-state index in [1.807, 2.05) is 0 Å². The van der Waals surface area contributed by atoms with Gasteiger partial charge in [0.2, 0.25) is 0 Å². The van der Waals surface area contributed by atoms with Crippen molar-refractivity contribution in [3.8, 4) is 0 Å². The summed E-state index contributed by atoms with van der Waals surface area (Å²) in [6, 6.07) is -2.14. The maximum absolute atomic E-state index is 10.9. The minimum atomic E-state index is -2.14. The zero-order valence-corrected chi connectivity index (χ0v) is 3.94. The molecule has 0 aromatic heterocycles. The highest BCUT2D eigenvalue weighted by atomic mass is 32.1. The van der Waals surface area contributed by atoms with Gasteiger partial charge in [-0.1, -0.05) is 0 Å². The van der Waals surface area contributed by atoms with Gasteiger partial charge in [0.1, 0.15) is 0 Å². The topological polar surface area (TPSA) is 43.4 Å². The molecular formula is C2HFO3S. The van der Waals surface area contributed by atoms with E-state index < -0.39 is 12.0 Å². The lowest BCUT2D eigenvalue weighted by Crippen LogP contribution is -2.06. The van der Waals surface area contributed by atoms with E-state index in [-0.39, 0.29) is 0 Å². The molecule has 0 aromatic rings. The van der Waals surface area contributed by atoms with Gasteiger partial charge in [0, 0.05) is 12.9 Å². The molecule has 7 heavy (non-hydrogen) atoms. The first kappa shape index (κ1) is 6.42. The molecule has 0 aliphatic rings. The van der Waals surface area contributed by atoms with Crippen LogP contribution in [0.3, 0.4) is 0 Å². The summed E-state index contributed by atoms with van der Waals surface area (Å²) in [7, 11) is 0. The molecule has 0 aliphatic heterocycles.